The average molecular weight is 441 g/mol. The van der Waals surface area contributed by atoms with E-state index in [9.17, 15) is 8.78 Å². The second-order valence-electron chi connectivity index (χ2n) is 6.48. The molecule has 0 N–H and O–H groups in total. The van der Waals surface area contributed by atoms with E-state index in [-0.39, 0.29) is 11.8 Å². The van der Waals surface area contributed by atoms with Crippen molar-refractivity contribution in [3.05, 3.63) is 68.3 Å². The number of ether oxygens (including phenoxy) is 1. The fraction of sp³-hybridized carbons (Fsp3) is 0.250. The molecule has 4 rings (SSSR count). The summed E-state index contributed by atoms with van der Waals surface area (Å²) in [7, 11) is 0. The molecule has 0 spiro atoms. The zero-order chi connectivity index (χ0) is 19.7. The fourth-order valence-corrected chi connectivity index (χ4v) is 4.48. The highest BCUT2D eigenvalue weighted by atomic mass is 35.5. The highest BCUT2D eigenvalue weighted by molar-refractivity contribution is 7.07. The number of nitrogens with zero attached hydrogens (tertiary/aromatic N) is 2. The summed E-state index contributed by atoms with van der Waals surface area (Å²) < 4.78 is 35.1. The molecule has 0 radical (unpaired) electrons. The van der Waals surface area contributed by atoms with Crippen LogP contribution in [0.3, 0.4) is 0 Å². The minimum Gasteiger partial charge on any atom is -0.376 e. The van der Waals surface area contributed by atoms with Crippen LogP contribution >= 0.6 is 34.5 Å². The first kappa shape index (κ1) is 19.6. The third-order valence-electron chi connectivity index (χ3n) is 4.54. The molecule has 8 heteroatoms. The normalized spacial score (nSPS) is 17.4. The van der Waals surface area contributed by atoms with Gasteiger partial charge in [-0.15, -0.1) is 11.3 Å². The molecule has 0 amide bonds. The van der Waals surface area contributed by atoms with Crippen LogP contribution in [0.4, 0.5) is 14.5 Å². The second-order valence-corrected chi connectivity index (χ2v) is 8.16. The van der Waals surface area contributed by atoms with Crippen molar-refractivity contribution >= 4 is 40.2 Å². The lowest BCUT2D eigenvalue weighted by molar-refractivity contribution is 0.0968. The molecule has 2 heterocycles. The Morgan fingerprint density at radius 1 is 1.18 bits per heavy atom. The van der Waals surface area contributed by atoms with Gasteiger partial charge in [0.15, 0.2) is 10.6 Å². The van der Waals surface area contributed by atoms with E-state index < -0.39 is 11.6 Å². The number of hydrogen-bond acceptors (Lipinski definition) is 3. The van der Waals surface area contributed by atoms with E-state index >= 15 is 0 Å². The number of aromatic nitrogens is 1. The Morgan fingerprint density at radius 3 is 2.79 bits per heavy atom. The first-order chi connectivity index (χ1) is 13.5. The number of hydrogen-bond donors (Lipinski definition) is 0. The molecule has 1 atom stereocenters. The topological polar surface area (TPSA) is 26.5 Å². The summed E-state index contributed by atoms with van der Waals surface area (Å²) in [6.07, 6.45) is 1.99. The SMILES string of the molecule is Fc1ccc(N=c2scc(-c3cc(Cl)ccc3Cl)n2CC2CCCO2)c(F)c1. The minimum atomic E-state index is -0.709. The fourth-order valence-electron chi connectivity index (χ4n) is 3.17. The summed E-state index contributed by atoms with van der Waals surface area (Å²) in [5.74, 6) is -1.35. The maximum absolute atomic E-state index is 14.1. The first-order valence-corrected chi connectivity index (χ1v) is 10.4. The molecule has 28 heavy (non-hydrogen) atoms. The van der Waals surface area contributed by atoms with Crippen LogP contribution in [0.2, 0.25) is 10.0 Å². The highest BCUT2D eigenvalue weighted by Crippen LogP contribution is 2.32. The summed E-state index contributed by atoms with van der Waals surface area (Å²) in [5.41, 5.74) is 1.67. The Bertz CT molecular complexity index is 1070. The van der Waals surface area contributed by atoms with E-state index in [1.54, 1.807) is 18.2 Å². The van der Waals surface area contributed by atoms with Gasteiger partial charge in [-0.3, -0.25) is 0 Å². The van der Waals surface area contributed by atoms with Gasteiger partial charge in [0.2, 0.25) is 0 Å². The quantitative estimate of drug-likeness (QED) is 0.473. The van der Waals surface area contributed by atoms with Crippen LogP contribution in [0.15, 0.2) is 46.8 Å². The van der Waals surface area contributed by atoms with Crippen molar-refractivity contribution < 1.29 is 13.5 Å². The van der Waals surface area contributed by atoms with E-state index in [1.165, 1.54) is 23.5 Å². The Kier molecular flexibility index (Phi) is 5.83. The molecule has 1 aliphatic heterocycles. The Hall–Kier alpha value is -1.73. The smallest absolute Gasteiger partial charge is 0.190 e. The average Bonchev–Trinajstić information content (AvgIpc) is 3.31. The van der Waals surface area contributed by atoms with Gasteiger partial charge < -0.3 is 9.30 Å². The zero-order valence-corrected chi connectivity index (χ0v) is 17.0. The first-order valence-electron chi connectivity index (χ1n) is 8.76. The second kappa shape index (κ2) is 8.33. The molecule has 146 valence electrons. The van der Waals surface area contributed by atoms with Crippen LogP contribution in [0, 0.1) is 11.6 Å². The van der Waals surface area contributed by atoms with Crippen molar-refractivity contribution in [2.24, 2.45) is 4.99 Å². The van der Waals surface area contributed by atoms with E-state index in [0.717, 1.165) is 36.8 Å². The van der Waals surface area contributed by atoms with Crippen LogP contribution in [0.25, 0.3) is 11.3 Å². The van der Waals surface area contributed by atoms with Gasteiger partial charge in [-0.1, -0.05) is 23.2 Å². The maximum Gasteiger partial charge on any atom is 0.190 e. The van der Waals surface area contributed by atoms with Crippen molar-refractivity contribution in [1.29, 1.82) is 0 Å². The molecule has 0 aliphatic carbocycles. The molecule has 3 nitrogen and oxygen atoms in total. The lowest BCUT2D eigenvalue weighted by Crippen LogP contribution is -2.24. The van der Waals surface area contributed by atoms with Gasteiger partial charge in [-0.25, -0.2) is 13.8 Å². The maximum atomic E-state index is 14.1. The molecule has 1 fully saturated rings. The summed E-state index contributed by atoms with van der Waals surface area (Å²) in [6, 6.07) is 8.60. The zero-order valence-electron chi connectivity index (χ0n) is 14.7. The number of halogens is 4. The molecule has 0 saturated carbocycles. The third-order valence-corrected chi connectivity index (χ3v) is 5.97. The number of benzene rings is 2. The van der Waals surface area contributed by atoms with Crippen molar-refractivity contribution in [1.82, 2.24) is 4.57 Å². The van der Waals surface area contributed by atoms with Crippen LogP contribution in [0.5, 0.6) is 0 Å². The monoisotopic (exact) mass is 440 g/mol. The van der Waals surface area contributed by atoms with Gasteiger partial charge >= 0.3 is 0 Å². The lowest BCUT2D eigenvalue weighted by atomic mass is 10.1. The van der Waals surface area contributed by atoms with Gasteiger partial charge in [0.05, 0.1) is 23.4 Å². The van der Waals surface area contributed by atoms with E-state index in [1.807, 2.05) is 9.95 Å². The Labute approximate surface area is 174 Å². The van der Waals surface area contributed by atoms with Crippen molar-refractivity contribution in [3.8, 4) is 11.3 Å². The predicted octanol–water partition coefficient (Wildman–Crippen LogP) is 6.21. The molecular weight excluding hydrogens is 425 g/mol. The van der Waals surface area contributed by atoms with E-state index in [2.05, 4.69) is 4.99 Å². The molecule has 1 unspecified atom stereocenters. The molecule has 1 saturated heterocycles. The number of rotatable bonds is 4. The third kappa shape index (κ3) is 4.15. The van der Waals surface area contributed by atoms with Crippen molar-refractivity contribution in [2.75, 3.05) is 6.61 Å². The molecule has 1 aliphatic rings. The van der Waals surface area contributed by atoms with Gasteiger partial charge in [0, 0.05) is 28.6 Å². The Balaban J connectivity index is 1.85. The Morgan fingerprint density at radius 2 is 2.04 bits per heavy atom. The largest absolute Gasteiger partial charge is 0.376 e. The van der Waals surface area contributed by atoms with E-state index in [4.69, 9.17) is 27.9 Å². The highest BCUT2D eigenvalue weighted by Gasteiger charge is 2.20. The summed E-state index contributed by atoms with van der Waals surface area (Å²) in [4.78, 5) is 5.01. The van der Waals surface area contributed by atoms with Gasteiger partial charge in [-0.2, -0.15) is 0 Å². The van der Waals surface area contributed by atoms with Crippen LogP contribution in [-0.2, 0) is 11.3 Å². The molecule has 1 aromatic heterocycles. The van der Waals surface area contributed by atoms with Crippen molar-refractivity contribution in [2.45, 2.75) is 25.5 Å². The van der Waals surface area contributed by atoms with Crippen LogP contribution in [-0.4, -0.2) is 17.3 Å². The lowest BCUT2D eigenvalue weighted by Gasteiger charge is -2.15. The molecular formula is C20H16Cl2F2N2OS. The van der Waals surface area contributed by atoms with Crippen LogP contribution in [0.1, 0.15) is 12.8 Å². The minimum absolute atomic E-state index is 0.0447. The van der Waals surface area contributed by atoms with Gasteiger partial charge in [0.1, 0.15) is 11.5 Å². The van der Waals surface area contributed by atoms with Crippen molar-refractivity contribution in [3.63, 3.8) is 0 Å². The van der Waals surface area contributed by atoms with Gasteiger partial charge in [0.25, 0.3) is 0 Å². The van der Waals surface area contributed by atoms with E-state index in [0.29, 0.717) is 21.4 Å². The summed E-state index contributed by atoms with van der Waals surface area (Å²) in [5, 5.41) is 3.03. The molecule has 3 aromatic rings. The standard InChI is InChI=1S/C20H16Cl2F2N2OS/c21-12-3-5-16(22)15(8-12)19-11-28-20(26(19)10-14-2-1-7-27-14)25-18-6-4-13(23)9-17(18)24/h3-6,8-9,11,14H,1-2,7,10H2. The number of thiazole rings is 1. The summed E-state index contributed by atoms with van der Waals surface area (Å²) in [6.45, 7) is 1.28. The molecule has 2 aromatic carbocycles. The predicted molar refractivity (Wildman–Crippen MR) is 108 cm³/mol. The summed E-state index contributed by atoms with van der Waals surface area (Å²) >= 11 is 13.9. The molecule has 0 bridgehead atoms. The van der Waals surface area contributed by atoms with Gasteiger partial charge in [-0.05, 0) is 43.2 Å². The van der Waals surface area contributed by atoms with Crippen LogP contribution < -0.4 is 4.80 Å².